The van der Waals surface area contributed by atoms with Gasteiger partial charge in [0.15, 0.2) is 0 Å². The van der Waals surface area contributed by atoms with Crippen molar-refractivity contribution in [1.29, 1.82) is 0 Å². The van der Waals surface area contributed by atoms with E-state index in [0.717, 1.165) is 92.0 Å². The third-order valence-electron chi connectivity index (χ3n) is 13.6. The van der Waals surface area contributed by atoms with E-state index in [1.165, 1.54) is 0 Å². The number of pyridine rings is 1. The van der Waals surface area contributed by atoms with Gasteiger partial charge in [0.25, 0.3) is 11.5 Å². The predicted octanol–water partition coefficient (Wildman–Crippen LogP) is 6.05. The number of hydrogen-bond acceptors (Lipinski definition) is 11. The number of aromatic nitrogens is 3. The Hall–Kier alpha value is -6.76. The second-order valence-corrected chi connectivity index (χ2v) is 18.1. The number of hydrogen-bond donors (Lipinski definition) is 3. The number of anilines is 3. The van der Waals surface area contributed by atoms with Gasteiger partial charge in [-0.15, -0.1) is 0 Å². The molecule has 67 heavy (non-hydrogen) atoms. The number of rotatable bonds is 15. The summed E-state index contributed by atoms with van der Waals surface area (Å²) in [6.07, 6.45) is 12.1. The minimum atomic E-state index is -0.629. The smallest absolute Gasteiger partial charge is 0.255 e. The number of benzene rings is 2. The Kier molecular flexibility index (Phi) is 14.8. The van der Waals surface area contributed by atoms with E-state index in [0.29, 0.717) is 80.6 Å². The largest absolute Gasteiger partial charge is 0.494 e. The van der Waals surface area contributed by atoms with Crippen LogP contribution in [-0.2, 0) is 25.7 Å². The molecule has 3 fully saturated rings. The van der Waals surface area contributed by atoms with Crippen LogP contribution in [0.2, 0.25) is 0 Å². The Morgan fingerprint density at radius 1 is 0.910 bits per heavy atom. The molecule has 0 bridgehead atoms. The summed E-state index contributed by atoms with van der Waals surface area (Å²) in [7, 11) is 1.63. The number of aryl methyl sites for hydroxylation is 1. The predicted molar refractivity (Wildman–Crippen MR) is 255 cm³/mol. The molecule has 16 heteroatoms. The monoisotopic (exact) mass is 911 g/mol. The highest BCUT2D eigenvalue weighted by Gasteiger charge is 2.39. The summed E-state index contributed by atoms with van der Waals surface area (Å²) in [4.78, 5) is 90.7. The number of piperazine rings is 1. The molecule has 0 radical (unpaired) electrons. The lowest BCUT2D eigenvalue weighted by Gasteiger charge is -2.36. The molecule has 5 heterocycles. The summed E-state index contributed by atoms with van der Waals surface area (Å²) in [6.45, 7) is 6.82. The van der Waals surface area contributed by atoms with Crippen molar-refractivity contribution in [2.24, 2.45) is 0 Å². The molecule has 1 atom stereocenters. The fraction of sp³-hybridized carbons (Fsp3) is 0.490. The average molecular weight is 912 g/mol. The van der Waals surface area contributed by atoms with Crippen molar-refractivity contribution in [2.45, 2.75) is 128 Å². The van der Waals surface area contributed by atoms with Gasteiger partial charge >= 0.3 is 0 Å². The second kappa shape index (κ2) is 21.3. The zero-order chi connectivity index (χ0) is 47.0. The van der Waals surface area contributed by atoms with Crippen molar-refractivity contribution >= 4 is 57.9 Å². The van der Waals surface area contributed by atoms with Crippen molar-refractivity contribution < 1.29 is 28.7 Å². The third kappa shape index (κ3) is 10.9. The van der Waals surface area contributed by atoms with E-state index in [2.05, 4.69) is 37.7 Å². The summed E-state index contributed by atoms with van der Waals surface area (Å²) in [6, 6.07) is 12.6. The first-order valence-corrected chi connectivity index (χ1v) is 23.9. The molecule has 2 aromatic heterocycles. The highest BCUT2D eigenvalue weighted by atomic mass is 16.5. The Morgan fingerprint density at radius 2 is 1.69 bits per heavy atom. The van der Waals surface area contributed by atoms with E-state index < -0.39 is 11.9 Å². The van der Waals surface area contributed by atoms with E-state index in [9.17, 15) is 28.8 Å². The topological polar surface area (TPSA) is 188 Å². The molecule has 1 aliphatic carbocycles. The quantitative estimate of drug-likeness (QED) is 0.0716. The molecule has 5 amide bonds. The van der Waals surface area contributed by atoms with Crippen LogP contribution in [0.4, 0.5) is 17.3 Å². The van der Waals surface area contributed by atoms with Gasteiger partial charge in [-0.05, 0) is 93.3 Å². The standard InChI is InChI=1S/C51H61N9O7/c1-4-44(61)53-36-15-17-37(18-16-36)60-47(64)28-33(2)40-31-52-51(56-48(40)60)54-41-21-19-38(30-43(41)67-3)57-24-26-58(27-25-57)46(63)13-11-9-7-5-6-8-10-12-34-14-20-39-35(29-34)32-59(50(39)66)42-22-23-45(62)55-49(42)65/h14,19-21,28-31,36-37,42H,4-9,11,13,15-18,22-27,32H2,1-3H3,(H,53,61)(H,52,54,56)(H,55,62,65). The van der Waals surface area contributed by atoms with Crippen LogP contribution in [0.5, 0.6) is 5.75 Å². The molecule has 1 saturated carbocycles. The highest BCUT2D eigenvalue weighted by molar-refractivity contribution is 6.05. The van der Waals surface area contributed by atoms with Gasteiger partial charge in [0, 0.05) is 111 Å². The summed E-state index contributed by atoms with van der Waals surface area (Å²) < 4.78 is 7.62. The van der Waals surface area contributed by atoms with Crippen LogP contribution >= 0.6 is 0 Å². The zero-order valence-corrected chi connectivity index (χ0v) is 38.8. The lowest BCUT2D eigenvalue weighted by molar-refractivity contribution is -0.137. The molecule has 8 rings (SSSR count). The molecule has 1 unspecified atom stereocenters. The minimum Gasteiger partial charge on any atom is -0.494 e. The van der Waals surface area contributed by atoms with Crippen LogP contribution in [-0.4, -0.2) is 99.2 Å². The minimum absolute atomic E-state index is 0.0291. The number of unbranched alkanes of at least 4 members (excludes halogenated alkanes) is 5. The van der Waals surface area contributed by atoms with Gasteiger partial charge in [-0.25, -0.2) is 4.98 Å². The molecule has 4 aliphatic rings. The van der Waals surface area contributed by atoms with Crippen LogP contribution in [0.3, 0.4) is 0 Å². The van der Waals surface area contributed by atoms with E-state index in [4.69, 9.17) is 9.72 Å². The maximum absolute atomic E-state index is 13.4. The Morgan fingerprint density at radius 3 is 2.45 bits per heavy atom. The molecular weight excluding hydrogens is 851 g/mol. The van der Waals surface area contributed by atoms with Crippen LogP contribution in [0, 0.1) is 18.8 Å². The SMILES string of the molecule is CCC(=O)NC1CCC(n2c(=O)cc(C)c3cnc(Nc4ccc(N5CCN(C(=O)CCCCCCCC#Cc6ccc7c(c6)CN(C6CCC(=O)NC6=O)C7=O)CC5)cc4OC)nc32)CC1. The number of carbonyl (C=O) groups excluding carboxylic acids is 5. The number of piperidine rings is 1. The van der Waals surface area contributed by atoms with Crippen LogP contribution in [0.15, 0.2) is 53.5 Å². The molecule has 2 aromatic carbocycles. The third-order valence-corrected chi connectivity index (χ3v) is 13.6. The number of carbonyl (C=O) groups is 5. The number of fused-ring (bicyclic) bond motifs is 2. The molecule has 352 valence electrons. The number of nitrogens with one attached hydrogen (secondary N) is 3. The van der Waals surface area contributed by atoms with Crippen LogP contribution in [0.25, 0.3) is 11.0 Å². The summed E-state index contributed by atoms with van der Waals surface area (Å²) in [5, 5.41) is 9.58. The van der Waals surface area contributed by atoms with Crippen molar-refractivity contribution in [2.75, 3.05) is 43.5 Å². The molecular formula is C51H61N9O7. The number of methoxy groups -OCH3 is 1. The average Bonchev–Trinajstić information content (AvgIpc) is 3.65. The molecule has 3 aliphatic heterocycles. The van der Waals surface area contributed by atoms with Crippen LogP contribution < -0.4 is 31.1 Å². The zero-order valence-electron chi connectivity index (χ0n) is 38.8. The first-order valence-electron chi connectivity index (χ1n) is 23.9. The fourth-order valence-electron chi connectivity index (χ4n) is 9.80. The summed E-state index contributed by atoms with van der Waals surface area (Å²) >= 11 is 0. The van der Waals surface area contributed by atoms with E-state index in [1.807, 2.05) is 49.1 Å². The van der Waals surface area contributed by atoms with Crippen LogP contribution in [0.1, 0.15) is 130 Å². The van der Waals surface area contributed by atoms with Crippen molar-refractivity contribution in [3.8, 4) is 17.6 Å². The normalized spacial score (nSPS) is 19.4. The van der Waals surface area contributed by atoms with Gasteiger partial charge in [-0.1, -0.05) is 38.0 Å². The Balaban J connectivity index is 0.756. The second-order valence-electron chi connectivity index (χ2n) is 18.1. The van der Waals surface area contributed by atoms with E-state index >= 15 is 0 Å². The Labute approximate surface area is 391 Å². The molecule has 3 N–H and O–H groups in total. The molecule has 2 saturated heterocycles. The van der Waals surface area contributed by atoms with E-state index in [1.54, 1.807) is 34.9 Å². The maximum atomic E-state index is 13.4. The highest BCUT2D eigenvalue weighted by Crippen LogP contribution is 2.34. The summed E-state index contributed by atoms with van der Waals surface area (Å²) in [5.41, 5.74) is 5.28. The van der Waals surface area contributed by atoms with Crippen molar-refractivity contribution in [1.82, 2.24) is 35.0 Å². The lowest BCUT2D eigenvalue weighted by Crippen LogP contribution is -2.52. The van der Waals surface area contributed by atoms with Gasteiger partial charge in [-0.2, -0.15) is 4.98 Å². The molecule has 4 aromatic rings. The molecule has 16 nitrogen and oxygen atoms in total. The van der Waals surface area contributed by atoms with Gasteiger partial charge < -0.3 is 30.1 Å². The van der Waals surface area contributed by atoms with Crippen molar-refractivity contribution in [3.63, 3.8) is 0 Å². The van der Waals surface area contributed by atoms with E-state index in [-0.39, 0.29) is 47.7 Å². The number of ether oxygens (including phenoxy) is 1. The summed E-state index contributed by atoms with van der Waals surface area (Å²) in [5.74, 6) is 6.80. The number of imide groups is 1. The number of nitrogens with zero attached hydrogens (tertiary/aromatic N) is 6. The first kappa shape index (κ1) is 46.8. The van der Waals surface area contributed by atoms with Gasteiger partial charge in [0.2, 0.25) is 29.6 Å². The molecule has 0 spiro atoms. The van der Waals surface area contributed by atoms with Gasteiger partial charge in [0.05, 0.1) is 12.8 Å². The maximum Gasteiger partial charge on any atom is 0.255 e. The Bertz CT molecular complexity index is 2650. The first-order chi connectivity index (χ1) is 32.5. The fourth-order valence-corrected chi connectivity index (χ4v) is 9.80. The number of amides is 5. The van der Waals surface area contributed by atoms with Crippen molar-refractivity contribution in [3.05, 3.63) is 81.3 Å². The van der Waals surface area contributed by atoms with Gasteiger partial charge in [0.1, 0.15) is 17.4 Å². The lowest BCUT2D eigenvalue weighted by atomic mass is 9.90. The van der Waals surface area contributed by atoms with Gasteiger partial charge in [-0.3, -0.25) is 38.7 Å².